The van der Waals surface area contributed by atoms with E-state index in [-0.39, 0.29) is 12.3 Å². The minimum absolute atomic E-state index is 0.0333. The molecular weight excluding hydrogens is 298 g/mol. The van der Waals surface area contributed by atoms with Crippen molar-refractivity contribution in [2.75, 3.05) is 6.61 Å². The van der Waals surface area contributed by atoms with Crippen LogP contribution in [0.3, 0.4) is 0 Å². The lowest BCUT2D eigenvalue weighted by atomic mass is 9.97. The van der Waals surface area contributed by atoms with Gasteiger partial charge in [-0.15, -0.1) is 0 Å². The Hall–Kier alpha value is -1.66. The molecule has 22 heavy (non-hydrogen) atoms. The number of aliphatic hydroxyl groups is 1. The molecule has 0 atom stereocenters. The molecule has 1 aliphatic rings. The van der Waals surface area contributed by atoms with Gasteiger partial charge in [0.2, 0.25) is 0 Å². The van der Waals surface area contributed by atoms with Crippen LogP contribution in [-0.4, -0.2) is 26.2 Å². The molecule has 0 aromatic carbocycles. The Morgan fingerprint density at radius 3 is 2.91 bits per heavy atom. The smallest absolute Gasteiger partial charge is 0.348 e. The van der Waals surface area contributed by atoms with Gasteiger partial charge in [-0.05, 0) is 37.8 Å². The van der Waals surface area contributed by atoms with Gasteiger partial charge in [0.25, 0.3) is 0 Å². The summed E-state index contributed by atoms with van der Waals surface area (Å²) < 4.78 is 1.64. The van der Waals surface area contributed by atoms with E-state index in [4.69, 9.17) is 5.11 Å². The fraction of sp³-hybridized carbons (Fsp3) is 0.438. The molecule has 0 aliphatic heterocycles. The lowest BCUT2D eigenvalue weighted by molar-refractivity contribution is 0.269. The second-order valence-corrected chi connectivity index (χ2v) is 6.28. The minimum Gasteiger partial charge on any atom is -0.395 e. The van der Waals surface area contributed by atoms with Gasteiger partial charge < -0.3 is 5.11 Å². The van der Waals surface area contributed by atoms with Gasteiger partial charge in [0.15, 0.2) is 0 Å². The zero-order valence-electron chi connectivity index (χ0n) is 12.4. The molecule has 6 heteroatoms. The molecule has 1 aliphatic carbocycles. The van der Waals surface area contributed by atoms with E-state index >= 15 is 0 Å². The first kappa shape index (κ1) is 15.2. The average Bonchev–Trinajstić information content (AvgIpc) is 2.57. The van der Waals surface area contributed by atoms with Crippen LogP contribution in [0.4, 0.5) is 0 Å². The summed E-state index contributed by atoms with van der Waals surface area (Å²) in [5.74, 6) is 0.712. The molecule has 2 aromatic heterocycles. The van der Waals surface area contributed by atoms with E-state index in [2.05, 4.69) is 9.97 Å². The SMILES string of the molecule is O=c1nc(SCc2ccccn2)c2c(n1CCO)CCCC2. The van der Waals surface area contributed by atoms with Crippen LogP contribution in [0, 0.1) is 0 Å². The molecule has 0 unspecified atom stereocenters. The molecule has 116 valence electrons. The van der Waals surface area contributed by atoms with Crippen molar-refractivity contribution in [3.63, 3.8) is 0 Å². The quantitative estimate of drug-likeness (QED) is 0.673. The van der Waals surface area contributed by atoms with Crippen LogP contribution in [0.2, 0.25) is 0 Å². The van der Waals surface area contributed by atoms with E-state index in [0.29, 0.717) is 12.3 Å². The van der Waals surface area contributed by atoms with Gasteiger partial charge in [0.1, 0.15) is 5.03 Å². The fourth-order valence-corrected chi connectivity index (χ4v) is 3.82. The first-order valence-electron chi connectivity index (χ1n) is 7.55. The number of aromatic nitrogens is 3. The Balaban J connectivity index is 1.91. The molecule has 2 aromatic rings. The number of nitrogens with zero attached hydrogens (tertiary/aromatic N) is 3. The lowest BCUT2D eigenvalue weighted by Crippen LogP contribution is -2.31. The summed E-state index contributed by atoms with van der Waals surface area (Å²) in [6, 6.07) is 5.84. The molecule has 3 rings (SSSR count). The van der Waals surface area contributed by atoms with Crippen LogP contribution in [-0.2, 0) is 25.1 Å². The number of rotatable bonds is 5. The highest BCUT2D eigenvalue weighted by molar-refractivity contribution is 7.98. The second kappa shape index (κ2) is 7.07. The van der Waals surface area contributed by atoms with Crippen molar-refractivity contribution >= 4 is 11.8 Å². The van der Waals surface area contributed by atoms with Gasteiger partial charge in [0, 0.05) is 23.2 Å². The third-order valence-electron chi connectivity index (χ3n) is 3.86. The number of hydrogen-bond donors (Lipinski definition) is 1. The Kier molecular flexibility index (Phi) is 4.90. The van der Waals surface area contributed by atoms with Crippen LogP contribution < -0.4 is 5.69 Å². The van der Waals surface area contributed by atoms with Gasteiger partial charge in [-0.1, -0.05) is 17.8 Å². The summed E-state index contributed by atoms with van der Waals surface area (Å²) in [5, 5.41) is 10.00. The average molecular weight is 317 g/mol. The van der Waals surface area contributed by atoms with E-state index in [1.165, 1.54) is 5.56 Å². The zero-order valence-corrected chi connectivity index (χ0v) is 13.2. The van der Waals surface area contributed by atoms with Crippen molar-refractivity contribution in [3.8, 4) is 0 Å². The van der Waals surface area contributed by atoms with Gasteiger partial charge in [0.05, 0.1) is 18.8 Å². The lowest BCUT2D eigenvalue weighted by Gasteiger charge is -2.22. The topological polar surface area (TPSA) is 68.0 Å². The van der Waals surface area contributed by atoms with Gasteiger partial charge in [-0.25, -0.2) is 4.79 Å². The molecule has 5 nitrogen and oxygen atoms in total. The van der Waals surface area contributed by atoms with Gasteiger partial charge in [-0.3, -0.25) is 9.55 Å². The molecule has 0 amide bonds. The fourth-order valence-electron chi connectivity index (χ4n) is 2.82. The molecule has 0 saturated heterocycles. The molecule has 0 saturated carbocycles. The van der Waals surface area contributed by atoms with Crippen molar-refractivity contribution < 1.29 is 5.11 Å². The number of fused-ring (bicyclic) bond motifs is 1. The Morgan fingerprint density at radius 1 is 1.27 bits per heavy atom. The zero-order chi connectivity index (χ0) is 15.4. The summed E-state index contributed by atoms with van der Waals surface area (Å²) in [5.41, 5.74) is 2.97. The highest BCUT2D eigenvalue weighted by Gasteiger charge is 2.20. The van der Waals surface area contributed by atoms with E-state index in [0.717, 1.165) is 42.1 Å². The van der Waals surface area contributed by atoms with Gasteiger partial charge in [-0.2, -0.15) is 4.98 Å². The predicted octanol–water partition coefficient (Wildman–Crippen LogP) is 1.80. The Labute approximate surface area is 133 Å². The third kappa shape index (κ3) is 3.23. The normalized spacial score (nSPS) is 13.9. The van der Waals surface area contributed by atoms with E-state index in [1.807, 2.05) is 18.2 Å². The van der Waals surface area contributed by atoms with Crippen LogP contribution >= 0.6 is 11.8 Å². The van der Waals surface area contributed by atoms with Crippen LogP contribution in [0.15, 0.2) is 34.2 Å². The standard InChI is InChI=1S/C16H19N3O2S/c20-10-9-19-14-7-2-1-6-13(14)15(18-16(19)21)22-11-12-5-3-4-8-17-12/h3-5,8,20H,1-2,6-7,9-11H2. The Bertz CT molecular complexity index is 701. The maximum Gasteiger partial charge on any atom is 0.348 e. The van der Waals surface area contributed by atoms with Crippen LogP contribution in [0.1, 0.15) is 29.8 Å². The number of aliphatic hydroxyl groups excluding tert-OH is 1. The highest BCUT2D eigenvalue weighted by atomic mass is 32.2. The summed E-state index contributed by atoms with van der Waals surface area (Å²) in [7, 11) is 0. The number of thioether (sulfide) groups is 1. The maximum atomic E-state index is 12.2. The molecule has 0 fully saturated rings. The summed E-state index contributed by atoms with van der Waals surface area (Å²) in [6.45, 7) is 0.299. The summed E-state index contributed by atoms with van der Waals surface area (Å²) >= 11 is 1.58. The molecule has 0 spiro atoms. The minimum atomic E-state index is -0.252. The van der Waals surface area contributed by atoms with Crippen molar-refractivity contribution in [2.45, 2.75) is 43.0 Å². The van der Waals surface area contributed by atoms with Crippen molar-refractivity contribution in [1.82, 2.24) is 14.5 Å². The number of hydrogen-bond acceptors (Lipinski definition) is 5. The van der Waals surface area contributed by atoms with E-state index in [1.54, 1.807) is 22.5 Å². The van der Waals surface area contributed by atoms with Crippen molar-refractivity contribution in [1.29, 1.82) is 0 Å². The summed E-state index contributed by atoms with van der Waals surface area (Å²) in [4.78, 5) is 20.8. The first-order valence-corrected chi connectivity index (χ1v) is 8.54. The van der Waals surface area contributed by atoms with Crippen LogP contribution in [0.5, 0.6) is 0 Å². The third-order valence-corrected chi connectivity index (χ3v) is 4.91. The Morgan fingerprint density at radius 2 is 2.14 bits per heavy atom. The first-order chi connectivity index (χ1) is 10.8. The highest BCUT2D eigenvalue weighted by Crippen LogP contribution is 2.29. The van der Waals surface area contributed by atoms with Crippen LogP contribution in [0.25, 0.3) is 0 Å². The largest absolute Gasteiger partial charge is 0.395 e. The molecule has 0 radical (unpaired) electrons. The molecule has 2 heterocycles. The van der Waals surface area contributed by atoms with E-state index < -0.39 is 0 Å². The maximum absolute atomic E-state index is 12.2. The monoisotopic (exact) mass is 317 g/mol. The molecule has 0 bridgehead atoms. The second-order valence-electron chi connectivity index (χ2n) is 5.32. The number of pyridine rings is 1. The van der Waals surface area contributed by atoms with Gasteiger partial charge >= 0.3 is 5.69 Å². The van der Waals surface area contributed by atoms with Crippen molar-refractivity contribution in [3.05, 3.63) is 51.8 Å². The summed E-state index contributed by atoms with van der Waals surface area (Å²) in [6.07, 6.45) is 5.84. The van der Waals surface area contributed by atoms with E-state index in [9.17, 15) is 4.79 Å². The van der Waals surface area contributed by atoms with Crippen molar-refractivity contribution in [2.24, 2.45) is 0 Å². The molecule has 1 N–H and O–H groups in total. The molecular formula is C16H19N3O2S. The predicted molar refractivity (Wildman–Crippen MR) is 86.0 cm³/mol.